The minimum atomic E-state index is -1.26. The van der Waals surface area contributed by atoms with E-state index in [1.807, 2.05) is 6.07 Å². The molecule has 32 heavy (non-hydrogen) atoms. The van der Waals surface area contributed by atoms with Crippen LogP contribution in [0.5, 0.6) is 0 Å². The predicted molar refractivity (Wildman–Crippen MR) is 128 cm³/mol. The van der Waals surface area contributed by atoms with Crippen molar-refractivity contribution in [2.24, 2.45) is 0 Å². The third-order valence-corrected chi connectivity index (χ3v) is 6.49. The summed E-state index contributed by atoms with van der Waals surface area (Å²) in [6.45, 7) is 0.193. The van der Waals surface area contributed by atoms with Crippen molar-refractivity contribution in [3.05, 3.63) is 89.8 Å². The highest BCUT2D eigenvalue weighted by molar-refractivity contribution is 9.10. The van der Waals surface area contributed by atoms with Crippen LogP contribution in [-0.4, -0.2) is 25.2 Å². The maximum atomic E-state index is 13.2. The van der Waals surface area contributed by atoms with Gasteiger partial charge in [0.05, 0.1) is 22.1 Å². The summed E-state index contributed by atoms with van der Waals surface area (Å²) < 4.78 is 3.17. The molecule has 10 heteroatoms. The molecule has 3 heterocycles. The van der Waals surface area contributed by atoms with Crippen molar-refractivity contribution in [3.63, 3.8) is 0 Å². The number of anilines is 1. The monoisotopic (exact) mass is 510 g/mol. The van der Waals surface area contributed by atoms with Crippen LogP contribution in [0.2, 0.25) is 0 Å². The summed E-state index contributed by atoms with van der Waals surface area (Å²) in [5.74, 6) is -1.26. The van der Waals surface area contributed by atoms with Gasteiger partial charge in [-0.25, -0.2) is 14.2 Å². The molecule has 0 amide bonds. The van der Waals surface area contributed by atoms with E-state index in [-0.39, 0.29) is 17.9 Å². The standard InChI is InChI=1S/C22H15BrN4O4S/c23-12-4-5-17-14(7-12)18(27-20(28)15-9-32-10-16(15)25-22(27)31)19(21(29)30)26(17)8-11-2-1-3-13(24)6-11/h1-7,9-10H,8,24H2,(H,25,31)(H,29,30). The average molecular weight is 511 g/mol. The van der Waals surface area contributed by atoms with Crippen molar-refractivity contribution >= 4 is 60.7 Å². The number of aromatic nitrogens is 3. The van der Waals surface area contributed by atoms with Gasteiger partial charge in [0.15, 0.2) is 5.69 Å². The first-order valence-electron chi connectivity index (χ1n) is 9.46. The summed E-state index contributed by atoms with van der Waals surface area (Å²) in [5, 5.41) is 14.3. The van der Waals surface area contributed by atoms with Crippen molar-refractivity contribution in [1.82, 2.24) is 14.1 Å². The quantitative estimate of drug-likeness (QED) is 0.317. The first-order valence-corrected chi connectivity index (χ1v) is 11.2. The normalized spacial score (nSPS) is 11.4. The number of halogens is 1. The lowest BCUT2D eigenvalue weighted by Crippen LogP contribution is -2.34. The molecule has 8 nitrogen and oxygen atoms in total. The second-order valence-corrected chi connectivity index (χ2v) is 8.92. The lowest BCUT2D eigenvalue weighted by atomic mass is 10.2. The second kappa shape index (κ2) is 7.50. The van der Waals surface area contributed by atoms with E-state index in [0.29, 0.717) is 32.0 Å². The van der Waals surface area contributed by atoms with Crippen molar-refractivity contribution in [2.45, 2.75) is 6.54 Å². The molecule has 3 aromatic heterocycles. The SMILES string of the molecule is Nc1cccc(Cn2c(C(=O)O)c(-n3c(=O)[nH]c4cscc4c3=O)c3cc(Br)ccc32)c1. The van der Waals surface area contributed by atoms with E-state index in [1.165, 1.54) is 11.3 Å². The van der Waals surface area contributed by atoms with Crippen molar-refractivity contribution in [1.29, 1.82) is 0 Å². The van der Waals surface area contributed by atoms with E-state index >= 15 is 0 Å². The number of nitrogen functional groups attached to an aromatic ring is 1. The van der Waals surface area contributed by atoms with Gasteiger partial charge in [0, 0.05) is 32.9 Å². The number of thiophene rings is 1. The van der Waals surface area contributed by atoms with Crippen molar-refractivity contribution < 1.29 is 9.90 Å². The third-order valence-electron chi connectivity index (χ3n) is 5.26. The number of fused-ring (bicyclic) bond motifs is 2. The molecule has 160 valence electrons. The molecule has 0 fully saturated rings. The zero-order valence-corrected chi connectivity index (χ0v) is 18.7. The van der Waals surface area contributed by atoms with Crippen LogP contribution in [0.25, 0.3) is 27.5 Å². The summed E-state index contributed by atoms with van der Waals surface area (Å²) in [6.07, 6.45) is 0. The number of aromatic amines is 1. The maximum absolute atomic E-state index is 13.2. The number of nitrogens with one attached hydrogen (secondary N) is 1. The summed E-state index contributed by atoms with van der Waals surface area (Å²) in [5.41, 5.74) is 6.81. The number of carboxylic acids is 1. The minimum Gasteiger partial charge on any atom is -0.477 e. The number of aromatic carboxylic acids is 1. The number of H-pyrrole nitrogens is 1. The van der Waals surface area contributed by atoms with Gasteiger partial charge >= 0.3 is 11.7 Å². The van der Waals surface area contributed by atoms with Crippen molar-refractivity contribution in [3.8, 4) is 5.69 Å². The molecule has 0 radical (unpaired) electrons. The smallest absolute Gasteiger partial charge is 0.354 e. The molecular weight excluding hydrogens is 496 g/mol. The Morgan fingerprint density at radius 2 is 1.94 bits per heavy atom. The molecule has 5 rings (SSSR count). The van der Waals surface area contributed by atoms with Gasteiger partial charge in [-0.05, 0) is 35.9 Å². The number of carboxylic acid groups (broad SMARTS) is 1. The number of rotatable bonds is 4. The van der Waals surface area contributed by atoms with Crippen LogP contribution < -0.4 is 17.0 Å². The van der Waals surface area contributed by atoms with Gasteiger partial charge in [0.1, 0.15) is 0 Å². The number of nitrogens with zero attached hydrogens (tertiary/aromatic N) is 2. The number of hydrogen-bond donors (Lipinski definition) is 3. The molecule has 0 aliphatic rings. The Bertz CT molecular complexity index is 1660. The fraction of sp³-hybridized carbons (Fsp3) is 0.0455. The van der Waals surface area contributed by atoms with E-state index in [0.717, 1.165) is 10.1 Å². The second-order valence-electron chi connectivity index (χ2n) is 7.26. The molecule has 0 saturated carbocycles. The Kier molecular flexibility index (Phi) is 4.75. The van der Waals surface area contributed by atoms with Crippen LogP contribution in [0.1, 0.15) is 16.1 Å². The van der Waals surface area contributed by atoms with Crippen molar-refractivity contribution in [2.75, 3.05) is 5.73 Å². The van der Waals surface area contributed by atoms with E-state index < -0.39 is 17.2 Å². The maximum Gasteiger partial charge on any atom is 0.354 e. The highest BCUT2D eigenvalue weighted by Crippen LogP contribution is 2.32. The Balaban J connectivity index is 1.91. The number of carbonyl (C=O) groups is 1. The number of hydrogen-bond acceptors (Lipinski definition) is 5. The number of nitrogens with two attached hydrogens (primary N) is 1. The highest BCUT2D eigenvalue weighted by Gasteiger charge is 2.27. The average Bonchev–Trinajstić information content (AvgIpc) is 3.31. The van der Waals surface area contributed by atoms with Gasteiger partial charge in [-0.15, -0.1) is 11.3 Å². The van der Waals surface area contributed by atoms with Crippen LogP contribution in [0, 0.1) is 0 Å². The van der Waals surface area contributed by atoms with Gasteiger partial charge in [-0.3, -0.25) is 4.79 Å². The zero-order chi connectivity index (χ0) is 22.6. The van der Waals surface area contributed by atoms with Crippen LogP contribution >= 0.6 is 27.3 Å². The van der Waals surface area contributed by atoms with E-state index in [4.69, 9.17) is 5.73 Å². The summed E-state index contributed by atoms with van der Waals surface area (Å²) in [4.78, 5) is 41.4. The highest BCUT2D eigenvalue weighted by atomic mass is 79.9. The van der Waals surface area contributed by atoms with Gasteiger partial charge in [-0.1, -0.05) is 28.1 Å². The fourth-order valence-electron chi connectivity index (χ4n) is 3.94. The Labute approximate surface area is 192 Å². The third kappa shape index (κ3) is 3.15. The molecule has 0 saturated heterocycles. The van der Waals surface area contributed by atoms with Crippen LogP contribution in [0.3, 0.4) is 0 Å². The predicted octanol–water partition coefficient (Wildman–Crippen LogP) is 3.79. The lowest BCUT2D eigenvalue weighted by molar-refractivity contribution is 0.0686. The van der Waals surface area contributed by atoms with E-state index in [9.17, 15) is 19.5 Å². The first-order chi connectivity index (χ1) is 15.3. The molecule has 4 N–H and O–H groups in total. The Hall–Kier alpha value is -3.63. The molecule has 0 spiro atoms. The molecule has 0 unspecified atom stereocenters. The number of benzene rings is 2. The molecular formula is C22H15BrN4O4S. The molecule has 0 bridgehead atoms. The van der Waals surface area contributed by atoms with Gasteiger partial charge in [0.25, 0.3) is 5.56 Å². The topological polar surface area (TPSA) is 123 Å². The van der Waals surface area contributed by atoms with Crippen LogP contribution in [-0.2, 0) is 6.54 Å². The van der Waals surface area contributed by atoms with Crippen LogP contribution in [0.4, 0.5) is 5.69 Å². The van der Waals surface area contributed by atoms with E-state index in [1.54, 1.807) is 51.7 Å². The van der Waals surface area contributed by atoms with Gasteiger partial charge in [0.2, 0.25) is 0 Å². The summed E-state index contributed by atoms with van der Waals surface area (Å²) in [7, 11) is 0. The minimum absolute atomic E-state index is 0.0250. The Morgan fingerprint density at radius 1 is 1.12 bits per heavy atom. The molecule has 2 aromatic carbocycles. The van der Waals surface area contributed by atoms with Gasteiger partial charge < -0.3 is 20.4 Å². The molecule has 0 aliphatic carbocycles. The largest absolute Gasteiger partial charge is 0.477 e. The lowest BCUT2D eigenvalue weighted by Gasteiger charge is -2.10. The molecule has 0 aliphatic heterocycles. The van der Waals surface area contributed by atoms with Crippen LogP contribution in [0.15, 0.2) is 67.3 Å². The zero-order valence-electron chi connectivity index (χ0n) is 16.3. The van der Waals surface area contributed by atoms with E-state index in [2.05, 4.69) is 20.9 Å². The molecule has 0 atom stereocenters. The Morgan fingerprint density at radius 3 is 2.69 bits per heavy atom. The van der Waals surface area contributed by atoms with Gasteiger partial charge in [-0.2, -0.15) is 0 Å². The first kappa shape index (κ1) is 20.3. The fourth-order valence-corrected chi connectivity index (χ4v) is 5.05. The molecule has 5 aromatic rings. The summed E-state index contributed by atoms with van der Waals surface area (Å²) >= 11 is 4.69. The summed E-state index contributed by atoms with van der Waals surface area (Å²) in [6, 6.07) is 12.4.